The minimum atomic E-state index is 0.637. The van der Waals surface area contributed by atoms with Crippen LogP contribution in [0.3, 0.4) is 0 Å². The molecular weight excluding hydrogens is 224 g/mol. The average Bonchev–Trinajstić information content (AvgIpc) is 2.54. The van der Waals surface area contributed by atoms with Crippen LogP contribution in [-0.4, -0.2) is 19.7 Å². The molecule has 0 aliphatic heterocycles. The maximum Gasteiger partial charge on any atom is 0.158 e. The fraction of sp³-hybridized carbons (Fsp3) is 0.364. The Morgan fingerprint density at radius 1 is 1.31 bits per heavy atom. The fourth-order valence-electron chi connectivity index (χ4n) is 1.64. The molecule has 0 spiro atoms. The van der Waals surface area contributed by atoms with Crippen molar-refractivity contribution in [1.82, 2.24) is 19.7 Å². The van der Waals surface area contributed by atoms with E-state index in [-0.39, 0.29) is 0 Å². The van der Waals surface area contributed by atoms with Crippen LogP contribution < -0.4 is 0 Å². The summed E-state index contributed by atoms with van der Waals surface area (Å²) < 4.78 is 1.66. The van der Waals surface area contributed by atoms with Gasteiger partial charge in [0.1, 0.15) is 11.5 Å². The number of aromatic nitrogens is 4. The lowest BCUT2D eigenvalue weighted by molar-refractivity contribution is 0.822. The molecule has 4 nitrogen and oxygen atoms in total. The maximum absolute atomic E-state index is 6.26. The lowest BCUT2D eigenvalue weighted by Gasteiger charge is -2.02. The summed E-state index contributed by atoms with van der Waals surface area (Å²) >= 11 is 6.26. The van der Waals surface area contributed by atoms with Crippen LogP contribution in [-0.2, 0) is 6.42 Å². The maximum atomic E-state index is 6.26. The van der Waals surface area contributed by atoms with E-state index in [1.54, 1.807) is 4.68 Å². The molecule has 2 heterocycles. The van der Waals surface area contributed by atoms with Crippen molar-refractivity contribution in [3.63, 3.8) is 0 Å². The van der Waals surface area contributed by atoms with Gasteiger partial charge in [-0.15, -0.1) is 0 Å². The van der Waals surface area contributed by atoms with Gasteiger partial charge in [0.2, 0.25) is 0 Å². The molecule has 0 N–H and O–H groups in total. The van der Waals surface area contributed by atoms with Crippen LogP contribution in [0.5, 0.6) is 0 Å². The molecule has 16 heavy (non-hydrogen) atoms. The summed E-state index contributed by atoms with van der Waals surface area (Å²) in [6, 6.07) is 1.86. The van der Waals surface area contributed by atoms with Crippen molar-refractivity contribution in [2.24, 2.45) is 0 Å². The summed E-state index contributed by atoms with van der Waals surface area (Å²) in [5.74, 6) is 0.709. The largest absolute Gasteiger partial charge is 0.242 e. The fourth-order valence-corrected chi connectivity index (χ4v) is 2.04. The van der Waals surface area contributed by atoms with Gasteiger partial charge in [-0.3, -0.25) is 0 Å². The molecule has 2 aromatic heterocycles. The van der Waals surface area contributed by atoms with E-state index < -0.39 is 0 Å². The molecule has 84 valence electrons. The van der Waals surface area contributed by atoms with Gasteiger partial charge in [0.05, 0.1) is 5.69 Å². The molecule has 0 aromatic carbocycles. The lowest BCUT2D eigenvalue weighted by Crippen LogP contribution is -2.01. The van der Waals surface area contributed by atoms with Crippen LogP contribution >= 0.6 is 11.6 Å². The van der Waals surface area contributed by atoms with E-state index in [0.29, 0.717) is 11.0 Å². The zero-order valence-corrected chi connectivity index (χ0v) is 10.3. The number of rotatable bonds is 2. The van der Waals surface area contributed by atoms with E-state index in [4.69, 9.17) is 11.6 Å². The summed E-state index contributed by atoms with van der Waals surface area (Å²) in [6.07, 6.45) is 2.39. The second kappa shape index (κ2) is 4.22. The molecule has 0 saturated carbocycles. The molecule has 0 bridgehead atoms. The van der Waals surface area contributed by atoms with Gasteiger partial charge in [-0.05, 0) is 20.3 Å². The highest BCUT2D eigenvalue weighted by Gasteiger charge is 2.13. The first-order valence-electron chi connectivity index (χ1n) is 5.16. The highest BCUT2D eigenvalue weighted by molar-refractivity contribution is 6.30. The van der Waals surface area contributed by atoms with Crippen LogP contribution in [0.4, 0.5) is 0 Å². The van der Waals surface area contributed by atoms with Crippen molar-refractivity contribution >= 4 is 11.6 Å². The van der Waals surface area contributed by atoms with Crippen LogP contribution in [0, 0.1) is 13.8 Å². The Kier molecular flexibility index (Phi) is 2.92. The molecule has 0 amide bonds. The number of nitrogens with zero attached hydrogens (tertiary/aromatic N) is 4. The highest BCUT2D eigenvalue weighted by Crippen LogP contribution is 2.22. The number of halogens is 1. The van der Waals surface area contributed by atoms with E-state index in [1.165, 1.54) is 6.33 Å². The quantitative estimate of drug-likeness (QED) is 0.805. The van der Waals surface area contributed by atoms with Gasteiger partial charge < -0.3 is 0 Å². The molecular formula is C11H13ClN4. The summed E-state index contributed by atoms with van der Waals surface area (Å²) in [4.78, 5) is 8.21. The number of hydrogen-bond acceptors (Lipinski definition) is 3. The predicted octanol–water partition coefficient (Wildman–Crippen LogP) is 2.49. The Morgan fingerprint density at radius 2 is 2.06 bits per heavy atom. The first kappa shape index (κ1) is 11.1. The van der Waals surface area contributed by atoms with Gasteiger partial charge in [-0.25, -0.2) is 14.6 Å². The molecule has 0 unspecified atom stereocenters. The van der Waals surface area contributed by atoms with Crippen molar-refractivity contribution in [2.75, 3.05) is 0 Å². The molecule has 0 aliphatic carbocycles. The molecule has 0 aliphatic rings. The molecule has 2 rings (SSSR count). The van der Waals surface area contributed by atoms with Gasteiger partial charge in [-0.2, -0.15) is 5.10 Å². The van der Waals surface area contributed by atoms with Crippen molar-refractivity contribution in [3.8, 4) is 5.82 Å². The number of aryl methyl sites for hydroxylation is 2. The second-order valence-electron chi connectivity index (χ2n) is 3.64. The zero-order valence-electron chi connectivity index (χ0n) is 9.53. The third-order valence-electron chi connectivity index (χ3n) is 2.48. The van der Waals surface area contributed by atoms with Crippen molar-refractivity contribution in [3.05, 3.63) is 34.5 Å². The Balaban J connectivity index is 2.56. The molecule has 0 saturated heterocycles. The van der Waals surface area contributed by atoms with Gasteiger partial charge >= 0.3 is 0 Å². The minimum absolute atomic E-state index is 0.637. The summed E-state index contributed by atoms with van der Waals surface area (Å²) in [7, 11) is 0. The first-order valence-corrected chi connectivity index (χ1v) is 5.54. The van der Waals surface area contributed by atoms with Gasteiger partial charge in [-0.1, -0.05) is 18.5 Å². The van der Waals surface area contributed by atoms with Crippen LogP contribution in [0.2, 0.25) is 5.15 Å². The normalized spacial score (nSPS) is 10.8. The monoisotopic (exact) mass is 236 g/mol. The van der Waals surface area contributed by atoms with Crippen LogP contribution in [0.1, 0.15) is 23.9 Å². The molecule has 5 heteroatoms. The van der Waals surface area contributed by atoms with E-state index in [2.05, 4.69) is 22.0 Å². The van der Waals surface area contributed by atoms with E-state index in [1.807, 2.05) is 19.9 Å². The molecule has 2 aromatic rings. The summed E-state index contributed by atoms with van der Waals surface area (Å²) in [5, 5.41) is 5.02. The summed E-state index contributed by atoms with van der Waals surface area (Å²) in [5.41, 5.74) is 2.91. The predicted molar refractivity (Wildman–Crippen MR) is 63.0 cm³/mol. The van der Waals surface area contributed by atoms with Crippen molar-refractivity contribution < 1.29 is 0 Å². The molecule has 0 radical (unpaired) electrons. The minimum Gasteiger partial charge on any atom is -0.242 e. The van der Waals surface area contributed by atoms with Crippen LogP contribution in [0.15, 0.2) is 12.4 Å². The molecule has 0 fully saturated rings. The topological polar surface area (TPSA) is 43.6 Å². The first-order chi connectivity index (χ1) is 7.63. The Morgan fingerprint density at radius 3 is 2.62 bits per heavy atom. The Labute approximate surface area is 99.3 Å². The van der Waals surface area contributed by atoms with E-state index in [0.717, 1.165) is 23.4 Å². The zero-order chi connectivity index (χ0) is 11.7. The van der Waals surface area contributed by atoms with E-state index >= 15 is 0 Å². The Bertz CT molecular complexity index is 519. The van der Waals surface area contributed by atoms with Crippen LogP contribution in [0.25, 0.3) is 5.82 Å². The van der Waals surface area contributed by atoms with Crippen molar-refractivity contribution in [2.45, 2.75) is 27.2 Å². The third-order valence-corrected chi connectivity index (χ3v) is 2.87. The lowest BCUT2D eigenvalue weighted by atomic mass is 10.2. The third kappa shape index (κ3) is 1.80. The standard InChI is InChI=1S/C11H13ClN4/c1-4-9-8(3)15-16(11(9)12)10-5-7(2)13-6-14-10/h5-6H,4H2,1-3H3. The van der Waals surface area contributed by atoms with Gasteiger partial charge in [0, 0.05) is 17.3 Å². The smallest absolute Gasteiger partial charge is 0.158 e. The Hall–Kier alpha value is -1.42. The van der Waals surface area contributed by atoms with Crippen molar-refractivity contribution in [1.29, 1.82) is 0 Å². The van der Waals surface area contributed by atoms with E-state index in [9.17, 15) is 0 Å². The molecule has 0 atom stereocenters. The van der Waals surface area contributed by atoms with Gasteiger partial charge in [0.15, 0.2) is 5.82 Å². The summed E-state index contributed by atoms with van der Waals surface area (Å²) in [6.45, 7) is 5.93. The highest BCUT2D eigenvalue weighted by atomic mass is 35.5. The van der Waals surface area contributed by atoms with Gasteiger partial charge in [0.25, 0.3) is 0 Å². The second-order valence-corrected chi connectivity index (χ2v) is 4.00. The average molecular weight is 237 g/mol. The number of hydrogen-bond donors (Lipinski definition) is 0. The SMILES string of the molecule is CCc1c(C)nn(-c2cc(C)ncn2)c1Cl.